The maximum absolute atomic E-state index is 9.47. The fourth-order valence-corrected chi connectivity index (χ4v) is 0.513. The SMILES string of the molecule is O=[P+](O)OO[P+](=O)O. The van der Waals surface area contributed by atoms with Crippen LogP contribution >= 0.6 is 16.5 Å². The van der Waals surface area contributed by atoms with Crippen molar-refractivity contribution in [2.75, 3.05) is 0 Å². The molecule has 0 heterocycles. The molecule has 0 amide bonds. The zero-order valence-electron chi connectivity index (χ0n) is 3.42. The van der Waals surface area contributed by atoms with Crippen molar-refractivity contribution < 1.29 is 28.3 Å². The molecule has 0 aromatic carbocycles. The predicted octanol–water partition coefficient (Wildman–Crippen LogP) is 0.234. The van der Waals surface area contributed by atoms with Crippen LogP contribution in [0, 0.1) is 0 Å². The molecule has 0 aliphatic heterocycles. The first-order chi connectivity index (χ1) is 3.63. The topological polar surface area (TPSA) is 93.1 Å². The molecule has 2 atom stereocenters. The summed E-state index contributed by atoms with van der Waals surface area (Å²) < 4.78 is 25.6. The van der Waals surface area contributed by atoms with Crippen molar-refractivity contribution in [1.29, 1.82) is 0 Å². The average molecular weight is 160 g/mol. The van der Waals surface area contributed by atoms with Gasteiger partial charge in [0, 0.05) is 9.13 Å². The van der Waals surface area contributed by atoms with Gasteiger partial charge in [-0.2, -0.15) is 0 Å². The van der Waals surface area contributed by atoms with Crippen molar-refractivity contribution in [3.05, 3.63) is 0 Å². The van der Waals surface area contributed by atoms with E-state index in [2.05, 4.69) is 9.35 Å². The first-order valence-corrected chi connectivity index (χ1v) is 3.56. The smallest absolute Gasteiger partial charge is 0.132 e. The molecule has 2 N–H and O–H groups in total. The van der Waals surface area contributed by atoms with E-state index >= 15 is 0 Å². The predicted molar refractivity (Wildman–Crippen MR) is 21.8 cm³/mol. The second-order valence-electron chi connectivity index (χ2n) is 0.625. The standard InChI is InChI=1S/O6P2/c1-7(2)5-6-8(3)4/p+2. The lowest BCUT2D eigenvalue weighted by Crippen LogP contribution is -1.71. The van der Waals surface area contributed by atoms with Crippen LogP contribution in [0.5, 0.6) is 0 Å². The van der Waals surface area contributed by atoms with Crippen LogP contribution in [0.25, 0.3) is 0 Å². The normalized spacial score (nSPS) is 13.2. The number of hydrogen-bond acceptors (Lipinski definition) is 4. The van der Waals surface area contributed by atoms with Crippen LogP contribution in [0.1, 0.15) is 0 Å². The lowest BCUT2D eigenvalue weighted by atomic mass is 14.9. The highest BCUT2D eigenvalue weighted by molar-refractivity contribution is 7.34. The van der Waals surface area contributed by atoms with Crippen LogP contribution in [0.4, 0.5) is 0 Å². The molecule has 0 aliphatic carbocycles. The Morgan fingerprint density at radius 3 is 1.38 bits per heavy atom. The third-order valence-electron chi connectivity index (χ3n) is 0.161. The maximum atomic E-state index is 9.47. The molecule has 0 aromatic heterocycles. The van der Waals surface area contributed by atoms with E-state index in [4.69, 9.17) is 9.79 Å². The van der Waals surface area contributed by atoms with Crippen molar-refractivity contribution in [3.8, 4) is 0 Å². The molecule has 0 bridgehead atoms. The second-order valence-corrected chi connectivity index (χ2v) is 1.87. The third kappa shape index (κ3) is 6.04. The summed E-state index contributed by atoms with van der Waals surface area (Å²) in [5.41, 5.74) is 0. The van der Waals surface area contributed by atoms with Gasteiger partial charge in [0.1, 0.15) is 9.35 Å². The van der Waals surface area contributed by atoms with E-state index < -0.39 is 16.5 Å². The molecule has 0 spiro atoms. The van der Waals surface area contributed by atoms with Crippen LogP contribution in [-0.4, -0.2) is 9.79 Å². The second kappa shape index (κ2) is 3.97. The lowest BCUT2D eigenvalue weighted by molar-refractivity contribution is -0.103. The Balaban J connectivity index is 3.18. The summed E-state index contributed by atoms with van der Waals surface area (Å²) in [5.74, 6) is 0. The Bertz CT molecular complexity index is 91.1. The average Bonchev–Trinajstić information content (AvgIpc) is 1.61. The summed E-state index contributed by atoms with van der Waals surface area (Å²) in [5, 5.41) is 0. The summed E-state index contributed by atoms with van der Waals surface area (Å²) in [6.07, 6.45) is 0. The summed E-state index contributed by atoms with van der Waals surface area (Å²) >= 11 is 0. The van der Waals surface area contributed by atoms with Crippen molar-refractivity contribution in [2.24, 2.45) is 0 Å². The van der Waals surface area contributed by atoms with Crippen LogP contribution in [0.15, 0.2) is 0 Å². The van der Waals surface area contributed by atoms with E-state index in [1.165, 1.54) is 0 Å². The lowest BCUT2D eigenvalue weighted by Gasteiger charge is -1.62. The van der Waals surface area contributed by atoms with E-state index in [9.17, 15) is 9.13 Å². The van der Waals surface area contributed by atoms with Crippen molar-refractivity contribution in [2.45, 2.75) is 0 Å². The fourth-order valence-electron chi connectivity index (χ4n) is 0.0570. The third-order valence-corrected chi connectivity index (χ3v) is 0.683. The Morgan fingerprint density at radius 1 is 1.00 bits per heavy atom. The maximum Gasteiger partial charge on any atom is 0.729 e. The molecule has 0 saturated carbocycles. The molecule has 8 heteroatoms. The van der Waals surface area contributed by atoms with Gasteiger partial charge >= 0.3 is 16.5 Å². The molecule has 0 aliphatic rings. The first kappa shape index (κ1) is 8.04. The molecule has 6 nitrogen and oxygen atoms in total. The minimum absolute atomic E-state index is 2.95. The number of rotatable bonds is 3. The molecule has 2 unspecified atom stereocenters. The molecule has 0 rings (SSSR count). The van der Waals surface area contributed by atoms with Gasteiger partial charge in [0.05, 0.1) is 0 Å². The van der Waals surface area contributed by atoms with E-state index in [-0.39, 0.29) is 0 Å². The fraction of sp³-hybridized carbons (Fsp3) is 0. The summed E-state index contributed by atoms with van der Waals surface area (Å²) in [6, 6.07) is 0. The molecule has 0 fully saturated rings. The molecule has 46 valence electrons. The Morgan fingerprint density at radius 2 is 1.25 bits per heavy atom. The Kier molecular flexibility index (Phi) is 3.99. The zero-order chi connectivity index (χ0) is 6.57. The zero-order valence-corrected chi connectivity index (χ0v) is 5.21. The molecular weight excluding hydrogens is 158 g/mol. The van der Waals surface area contributed by atoms with Crippen molar-refractivity contribution in [1.82, 2.24) is 0 Å². The van der Waals surface area contributed by atoms with Gasteiger partial charge < -0.3 is 0 Å². The van der Waals surface area contributed by atoms with E-state index in [1.54, 1.807) is 0 Å². The van der Waals surface area contributed by atoms with Gasteiger partial charge in [-0.15, -0.1) is 9.79 Å². The van der Waals surface area contributed by atoms with Crippen LogP contribution in [-0.2, 0) is 18.5 Å². The highest BCUT2D eigenvalue weighted by atomic mass is 31.1. The van der Waals surface area contributed by atoms with Gasteiger partial charge in [-0.1, -0.05) is 0 Å². The highest BCUT2D eigenvalue weighted by Crippen LogP contribution is 2.24. The monoisotopic (exact) mass is 160 g/mol. The minimum atomic E-state index is -2.95. The van der Waals surface area contributed by atoms with Gasteiger partial charge in [-0.05, 0) is 0 Å². The Labute approximate surface area is 45.9 Å². The molecular formula is H2O6P2+2. The molecule has 0 aromatic rings. The van der Waals surface area contributed by atoms with E-state index in [0.717, 1.165) is 0 Å². The summed E-state index contributed by atoms with van der Waals surface area (Å²) in [6.45, 7) is 0. The molecule has 0 saturated heterocycles. The van der Waals surface area contributed by atoms with Gasteiger partial charge in [-0.3, -0.25) is 0 Å². The van der Waals surface area contributed by atoms with Gasteiger partial charge in [0.2, 0.25) is 0 Å². The van der Waals surface area contributed by atoms with E-state index in [0.29, 0.717) is 0 Å². The molecule has 0 radical (unpaired) electrons. The van der Waals surface area contributed by atoms with Crippen LogP contribution < -0.4 is 0 Å². The van der Waals surface area contributed by atoms with Crippen LogP contribution in [0.3, 0.4) is 0 Å². The van der Waals surface area contributed by atoms with Gasteiger partial charge in [0.15, 0.2) is 0 Å². The van der Waals surface area contributed by atoms with Crippen molar-refractivity contribution >= 4 is 16.5 Å². The summed E-state index contributed by atoms with van der Waals surface area (Å²) in [4.78, 5) is 15.4. The van der Waals surface area contributed by atoms with E-state index in [1.807, 2.05) is 0 Å². The van der Waals surface area contributed by atoms with Gasteiger partial charge in [0.25, 0.3) is 0 Å². The summed E-state index contributed by atoms with van der Waals surface area (Å²) in [7, 11) is -5.90. The number of hydrogen-bond donors (Lipinski definition) is 2. The Hall–Kier alpha value is 0.0400. The highest BCUT2D eigenvalue weighted by Gasteiger charge is 2.25. The quantitative estimate of drug-likeness (QED) is 0.348. The van der Waals surface area contributed by atoms with Crippen molar-refractivity contribution in [3.63, 3.8) is 0 Å². The largest absolute Gasteiger partial charge is 0.729 e. The minimum Gasteiger partial charge on any atom is -0.132 e. The van der Waals surface area contributed by atoms with Gasteiger partial charge in [-0.25, -0.2) is 0 Å². The first-order valence-electron chi connectivity index (χ1n) is 1.30. The molecule has 8 heavy (non-hydrogen) atoms. The van der Waals surface area contributed by atoms with Crippen LogP contribution in [0.2, 0.25) is 0 Å².